The molecular formula is C16H17N5O. The van der Waals surface area contributed by atoms with Gasteiger partial charge in [-0.15, -0.1) is 0 Å². The molecule has 3 rings (SSSR count). The van der Waals surface area contributed by atoms with Crippen LogP contribution in [-0.4, -0.2) is 46.2 Å². The van der Waals surface area contributed by atoms with Crippen molar-refractivity contribution in [1.29, 1.82) is 5.26 Å². The van der Waals surface area contributed by atoms with Crippen molar-refractivity contribution in [2.24, 2.45) is 0 Å². The minimum Gasteiger partial charge on any atom is -0.508 e. The lowest BCUT2D eigenvalue weighted by Gasteiger charge is -2.36. The normalized spacial score (nSPS) is 17.0. The summed E-state index contributed by atoms with van der Waals surface area (Å²) in [4.78, 5) is 12.8. The molecule has 1 fully saturated rings. The van der Waals surface area contributed by atoms with Gasteiger partial charge in [0.05, 0.1) is 6.07 Å². The molecule has 1 aromatic heterocycles. The Kier molecular flexibility index (Phi) is 4.17. The Morgan fingerprint density at radius 3 is 2.45 bits per heavy atom. The van der Waals surface area contributed by atoms with Crippen molar-refractivity contribution in [3.8, 4) is 11.8 Å². The molecule has 0 saturated carbocycles. The van der Waals surface area contributed by atoms with E-state index in [0.29, 0.717) is 0 Å². The van der Waals surface area contributed by atoms with Gasteiger partial charge in [-0.3, -0.25) is 4.90 Å². The molecule has 1 aliphatic rings. The van der Waals surface area contributed by atoms with Gasteiger partial charge in [-0.2, -0.15) is 5.26 Å². The number of phenolic OH excluding ortho intramolecular Hbond substituents is 1. The minimum atomic E-state index is -0.342. The number of nitrogens with zero attached hydrogens (tertiary/aromatic N) is 5. The van der Waals surface area contributed by atoms with E-state index in [1.165, 1.54) is 0 Å². The SMILES string of the molecule is N#CC(c1cccc(O)c1)N1CCN(c2ncccn2)CC1. The molecule has 1 unspecified atom stereocenters. The van der Waals surface area contributed by atoms with Crippen molar-refractivity contribution in [2.75, 3.05) is 31.1 Å². The highest BCUT2D eigenvalue weighted by Gasteiger charge is 2.26. The maximum absolute atomic E-state index is 9.59. The molecule has 22 heavy (non-hydrogen) atoms. The molecule has 2 heterocycles. The summed E-state index contributed by atoms with van der Waals surface area (Å²) in [7, 11) is 0. The average molecular weight is 295 g/mol. The molecule has 0 spiro atoms. The first kappa shape index (κ1) is 14.3. The van der Waals surface area contributed by atoms with Crippen molar-refractivity contribution in [2.45, 2.75) is 6.04 Å². The Labute approximate surface area is 129 Å². The van der Waals surface area contributed by atoms with E-state index in [2.05, 4.69) is 25.8 Å². The van der Waals surface area contributed by atoms with Gasteiger partial charge in [0.1, 0.15) is 11.8 Å². The fourth-order valence-electron chi connectivity index (χ4n) is 2.70. The third-order valence-electron chi connectivity index (χ3n) is 3.82. The smallest absolute Gasteiger partial charge is 0.225 e. The van der Waals surface area contributed by atoms with Crippen molar-refractivity contribution in [1.82, 2.24) is 14.9 Å². The fourth-order valence-corrected chi connectivity index (χ4v) is 2.70. The van der Waals surface area contributed by atoms with Crippen LogP contribution in [0.2, 0.25) is 0 Å². The molecule has 0 amide bonds. The van der Waals surface area contributed by atoms with Crippen molar-refractivity contribution in [3.63, 3.8) is 0 Å². The van der Waals surface area contributed by atoms with Crippen LogP contribution in [0.15, 0.2) is 42.7 Å². The highest BCUT2D eigenvalue weighted by Crippen LogP contribution is 2.24. The van der Waals surface area contributed by atoms with Crippen LogP contribution in [0.25, 0.3) is 0 Å². The number of rotatable bonds is 3. The first-order chi connectivity index (χ1) is 10.8. The predicted molar refractivity (Wildman–Crippen MR) is 82.3 cm³/mol. The summed E-state index contributed by atoms with van der Waals surface area (Å²) in [5, 5.41) is 19.1. The zero-order chi connectivity index (χ0) is 15.4. The average Bonchev–Trinajstić information content (AvgIpc) is 2.57. The molecule has 1 aliphatic heterocycles. The number of nitriles is 1. The second-order valence-electron chi connectivity index (χ2n) is 5.20. The molecule has 1 saturated heterocycles. The Hall–Kier alpha value is -2.65. The summed E-state index contributed by atoms with van der Waals surface area (Å²) in [5.74, 6) is 0.919. The molecule has 0 aliphatic carbocycles. The maximum atomic E-state index is 9.59. The van der Waals surface area contributed by atoms with Crippen molar-refractivity contribution >= 4 is 5.95 Å². The van der Waals surface area contributed by atoms with Gasteiger partial charge in [0.15, 0.2) is 0 Å². The minimum absolute atomic E-state index is 0.189. The number of piperazine rings is 1. The summed E-state index contributed by atoms with van der Waals surface area (Å²) in [6.07, 6.45) is 3.47. The molecule has 1 N–H and O–H groups in total. The first-order valence-corrected chi connectivity index (χ1v) is 7.22. The van der Waals surface area contributed by atoms with E-state index >= 15 is 0 Å². The Morgan fingerprint density at radius 1 is 1.09 bits per heavy atom. The molecule has 0 bridgehead atoms. The number of benzene rings is 1. The lowest BCUT2D eigenvalue weighted by atomic mass is 10.1. The summed E-state index contributed by atoms with van der Waals surface area (Å²) < 4.78 is 0. The van der Waals surface area contributed by atoms with Crippen molar-refractivity contribution in [3.05, 3.63) is 48.3 Å². The predicted octanol–water partition coefficient (Wildman–Crippen LogP) is 1.57. The Morgan fingerprint density at radius 2 is 1.82 bits per heavy atom. The molecule has 112 valence electrons. The van der Waals surface area contributed by atoms with Gasteiger partial charge in [-0.25, -0.2) is 9.97 Å². The molecule has 2 aromatic rings. The monoisotopic (exact) mass is 295 g/mol. The molecule has 1 atom stereocenters. The highest BCUT2D eigenvalue weighted by atomic mass is 16.3. The fraction of sp³-hybridized carbons (Fsp3) is 0.312. The van der Waals surface area contributed by atoms with Gasteiger partial charge in [-0.05, 0) is 23.8 Å². The zero-order valence-corrected chi connectivity index (χ0v) is 12.1. The van der Waals surface area contributed by atoms with E-state index in [1.807, 2.05) is 6.07 Å². The largest absolute Gasteiger partial charge is 0.508 e. The topological polar surface area (TPSA) is 76.3 Å². The van der Waals surface area contributed by atoms with E-state index in [9.17, 15) is 10.4 Å². The first-order valence-electron chi connectivity index (χ1n) is 7.22. The van der Waals surface area contributed by atoms with Crippen LogP contribution in [0.1, 0.15) is 11.6 Å². The Balaban J connectivity index is 1.69. The van der Waals surface area contributed by atoms with Crippen LogP contribution in [0.4, 0.5) is 5.95 Å². The number of phenols is 1. The Bertz CT molecular complexity index is 662. The van der Waals surface area contributed by atoms with E-state index in [0.717, 1.165) is 37.7 Å². The number of aromatic nitrogens is 2. The second kappa shape index (κ2) is 6.41. The third kappa shape index (κ3) is 3.00. The molecule has 6 heteroatoms. The quantitative estimate of drug-likeness (QED) is 0.926. The van der Waals surface area contributed by atoms with E-state index in [1.54, 1.807) is 36.7 Å². The van der Waals surface area contributed by atoms with Crippen molar-refractivity contribution < 1.29 is 5.11 Å². The van der Waals surface area contributed by atoms with Gasteiger partial charge in [0.25, 0.3) is 0 Å². The number of aromatic hydroxyl groups is 1. The van der Waals surface area contributed by atoms with E-state index in [-0.39, 0.29) is 11.8 Å². The summed E-state index contributed by atoms with van der Waals surface area (Å²) >= 11 is 0. The van der Waals surface area contributed by atoms with Gasteiger partial charge < -0.3 is 10.0 Å². The van der Waals surface area contributed by atoms with E-state index in [4.69, 9.17) is 0 Å². The van der Waals surface area contributed by atoms with Crippen LogP contribution in [0, 0.1) is 11.3 Å². The van der Waals surface area contributed by atoms with E-state index < -0.39 is 0 Å². The van der Waals surface area contributed by atoms with Gasteiger partial charge in [-0.1, -0.05) is 12.1 Å². The lowest BCUT2D eigenvalue weighted by molar-refractivity contribution is 0.221. The van der Waals surface area contributed by atoms with Gasteiger partial charge >= 0.3 is 0 Å². The molecule has 6 nitrogen and oxygen atoms in total. The molecular weight excluding hydrogens is 278 g/mol. The maximum Gasteiger partial charge on any atom is 0.225 e. The summed E-state index contributed by atoms with van der Waals surface area (Å²) in [6.45, 7) is 3.07. The summed E-state index contributed by atoms with van der Waals surface area (Å²) in [6, 6.07) is 10.7. The van der Waals surface area contributed by atoms with Gasteiger partial charge in [0.2, 0.25) is 5.95 Å². The molecule has 0 radical (unpaired) electrons. The van der Waals surface area contributed by atoms with Crippen LogP contribution in [-0.2, 0) is 0 Å². The van der Waals surface area contributed by atoms with Crippen LogP contribution < -0.4 is 4.90 Å². The third-order valence-corrected chi connectivity index (χ3v) is 3.82. The van der Waals surface area contributed by atoms with Gasteiger partial charge in [0, 0.05) is 38.6 Å². The number of hydrogen-bond donors (Lipinski definition) is 1. The molecule has 1 aromatic carbocycles. The zero-order valence-electron chi connectivity index (χ0n) is 12.1. The summed E-state index contributed by atoms with van der Waals surface area (Å²) in [5.41, 5.74) is 0.826. The second-order valence-corrected chi connectivity index (χ2v) is 5.20. The van der Waals surface area contributed by atoms with Crippen LogP contribution in [0.5, 0.6) is 5.75 Å². The number of hydrogen-bond acceptors (Lipinski definition) is 6. The number of anilines is 1. The standard InChI is InChI=1S/C16H17N5O/c17-12-15(13-3-1-4-14(22)11-13)20-7-9-21(10-8-20)16-18-5-2-6-19-16/h1-6,11,15,22H,7-10H2. The van der Waals surface area contributed by atoms with Crippen LogP contribution in [0.3, 0.4) is 0 Å². The highest BCUT2D eigenvalue weighted by molar-refractivity contribution is 5.33. The lowest BCUT2D eigenvalue weighted by Crippen LogP contribution is -2.48. The van der Waals surface area contributed by atoms with Crippen LogP contribution >= 0.6 is 0 Å².